The molecular weight excluding hydrogens is 174 g/mol. The van der Waals surface area contributed by atoms with Crippen LogP contribution in [0, 0.1) is 5.41 Å². The number of nitrogens with zero attached hydrogens (tertiary/aromatic N) is 2. The Morgan fingerprint density at radius 3 is 2.57 bits per heavy atom. The maximum atomic E-state index is 7.81. The fraction of sp³-hybridized carbons (Fsp3) is 0.909. The van der Waals surface area contributed by atoms with Crippen molar-refractivity contribution in [2.45, 2.75) is 33.1 Å². The van der Waals surface area contributed by atoms with Crippen LogP contribution < -0.4 is 0 Å². The number of hydrogen-bond donors (Lipinski definition) is 1. The highest BCUT2D eigenvalue weighted by Crippen LogP contribution is 2.10. The summed E-state index contributed by atoms with van der Waals surface area (Å²) in [6.07, 6.45) is 3.46. The average molecular weight is 197 g/mol. The van der Waals surface area contributed by atoms with Crippen molar-refractivity contribution < 1.29 is 0 Å². The highest BCUT2D eigenvalue weighted by atomic mass is 15.2. The first kappa shape index (κ1) is 11.5. The van der Waals surface area contributed by atoms with Gasteiger partial charge in [-0.15, -0.1) is 0 Å². The van der Waals surface area contributed by atoms with Crippen molar-refractivity contribution in [2.75, 3.05) is 32.7 Å². The predicted octanol–water partition coefficient (Wildman–Crippen LogP) is 1.79. The lowest BCUT2D eigenvalue weighted by Crippen LogP contribution is -2.40. The molecule has 1 saturated heterocycles. The van der Waals surface area contributed by atoms with E-state index in [0.717, 1.165) is 45.0 Å². The van der Waals surface area contributed by atoms with Crippen molar-refractivity contribution in [1.29, 1.82) is 5.41 Å². The minimum absolute atomic E-state index is 0.850. The van der Waals surface area contributed by atoms with E-state index in [4.69, 9.17) is 5.41 Å². The first-order valence-electron chi connectivity index (χ1n) is 5.82. The average Bonchev–Trinajstić information content (AvgIpc) is 2.22. The summed E-state index contributed by atoms with van der Waals surface area (Å²) in [6.45, 7) is 9.89. The zero-order valence-electron chi connectivity index (χ0n) is 9.55. The summed E-state index contributed by atoms with van der Waals surface area (Å²) in [5, 5.41) is 7.81. The van der Waals surface area contributed by atoms with Crippen LogP contribution in [0.1, 0.15) is 33.1 Å². The van der Waals surface area contributed by atoms with Crippen LogP contribution in [0.15, 0.2) is 0 Å². The summed E-state index contributed by atoms with van der Waals surface area (Å²) in [5.41, 5.74) is 0. The molecule has 1 fully saturated rings. The van der Waals surface area contributed by atoms with Gasteiger partial charge in [-0.3, -0.25) is 5.41 Å². The van der Waals surface area contributed by atoms with Gasteiger partial charge in [-0.1, -0.05) is 13.8 Å². The van der Waals surface area contributed by atoms with Crippen molar-refractivity contribution in [3.8, 4) is 0 Å². The molecule has 1 aliphatic rings. The third kappa shape index (κ3) is 3.29. The molecule has 82 valence electrons. The highest BCUT2D eigenvalue weighted by Gasteiger charge is 2.14. The van der Waals surface area contributed by atoms with E-state index in [1.807, 2.05) is 0 Å². The van der Waals surface area contributed by atoms with Gasteiger partial charge in [0.1, 0.15) is 0 Å². The van der Waals surface area contributed by atoms with Crippen molar-refractivity contribution in [3.63, 3.8) is 0 Å². The molecule has 3 nitrogen and oxygen atoms in total. The summed E-state index contributed by atoms with van der Waals surface area (Å²) in [6, 6.07) is 0. The number of likely N-dealkylation sites (N-methyl/N-ethyl adjacent to an activating group) is 1. The fourth-order valence-electron chi connectivity index (χ4n) is 1.94. The van der Waals surface area contributed by atoms with Crippen LogP contribution in [-0.2, 0) is 0 Å². The Bertz CT molecular complexity index is 175. The van der Waals surface area contributed by atoms with Gasteiger partial charge in [0.25, 0.3) is 0 Å². The Balaban J connectivity index is 2.25. The molecule has 0 bridgehead atoms. The van der Waals surface area contributed by atoms with E-state index < -0.39 is 0 Å². The molecule has 0 spiro atoms. The Labute approximate surface area is 87.6 Å². The molecule has 0 radical (unpaired) electrons. The second kappa shape index (κ2) is 6.02. The molecule has 14 heavy (non-hydrogen) atoms. The van der Waals surface area contributed by atoms with Crippen LogP contribution in [0.2, 0.25) is 0 Å². The molecule has 0 aromatic heterocycles. The summed E-state index contributed by atoms with van der Waals surface area (Å²) in [4.78, 5) is 4.66. The van der Waals surface area contributed by atoms with E-state index in [9.17, 15) is 0 Å². The lowest BCUT2D eigenvalue weighted by Gasteiger charge is -2.31. The summed E-state index contributed by atoms with van der Waals surface area (Å²) in [5.74, 6) is 0.850. The van der Waals surface area contributed by atoms with Gasteiger partial charge >= 0.3 is 0 Å². The molecule has 1 aliphatic heterocycles. The van der Waals surface area contributed by atoms with Crippen molar-refractivity contribution in [3.05, 3.63) is 0 Å². The van der Waals surface area contributed by atoms with Crippen molar-refractivity contribution >= 4 is 5.84 Å². The molecule has 0 unspecified atom stereocenters. The largest absolute Gasteiger partial charge is 0.359 e. The summed E-state index contributed by atoms with van der Waals surface area (Å²) in [7, 11) is 0. The van der Waals surface area contributed by atoms with E-state index in [1.54, 1.807) is 0 Å². The molecule has 0 atom stereocenters. The second-order valence-corrected chi connectivity index (χ2v) is 3.92. The van der Waals surface area contributed by atoms with Crippen molar-refractivity contribution in [2.24, 2.45) is 0 Å². The molecule has 0 aliphatic carbocycles. The Morgan fingerprint density at radius 1 is 1.29 bits per heavy atom. The van der Waals surface area contributed by atoms with Gasteiger partial charge in [-0.05, 0) is 25.9 Å². The molecule has 0 aromatic rings. The predicted molar refractivity (Wildman–Crippen MR) is 60.9 cm³/mol. The molecular formula is C11H23N3. The quantitative estimate of drug-likeness (QED) is 0.728. The van der Waals surface area contributed by atoms with Crippen LogP contribution in [0.25, 0.3) is 0 Å². The molecule has 1 rings (SSSR count). The third-order valence-corrected chi connectivity index (χ3v) is 3.05. The van der Waals surface area contributed by atoms with E-state index >= 15 is 0 Å². The van der Waals surface area contributed by atoms with Gasteiger partial charge in [0.2, 0.25) is 0 Å². The zero-order chi connectivity index (χ0) is 10.4. The lowest BCUT2D eigenvalue weighted by atomic mass is 10.1. The standard InChI is InChI=1S/C11H23N3/c1-3-13(4-2)9-10-14-8-6-5-7-11(14)12/h12H,3-10H2,1-2H3. The highest BCUT2D eigenvalue weighted by molar-refractivity contribution is 5.79. The molecule has 0 amide bonds. The van der Waals surface area contributed by atoms with Gasteiger partial charge in [0.15, 0.2) is 0 Å². The lowest BCUT2D eigenvalue weighted by molar-refractivity contribution is 0.257. The summed E-state index contributed by atoms with van der Waals surface area (Å²) >= 11 is 0. The minimum atomic E-state index is 0.850. The number of piperidine rings is 1. The normalized spacial score (nSPS) is 17.9. The van der Waals surface area contributed by atoms with Crippen LogP contribution >= 0.6 is 0 Å². The third-order valence-electron chi connectivity index (χ3n) is 3.05. The first-order chi connectivity index (χ1) is 6.77. The monoisotopic (exact) mass is 197 g/mol. The van der Waals surface area contributed by atoms with E-state index in [0.29, 0.717) is 0 Å². The van der Waals surface area contributed by atoms with Crippen LogP contribution in [0.3, 0.4) is 0 Å². The smallest absolute Gasteiger partial charge is 0.0958 e. The molecule has 3 heteroatoms. The van der Waals surface area contributed by atoms with E-state index in [2.05, 4.69) is 23.6 Å². The van der Waals surface area contributed by atoms with Gasteiger partial charge in [0.05, 0.1) is 5.84 Å². The van der Waals surface area contributed by atoms with Crippen LogP contribution in [-0.4, -0.2) is 48.4 Å². The van der Waals surface area contributed by atoms with Gasteiger partial charge in [0, 0.05) is 26.1 Å². The van der Waals surface area contributed by atoms with Gasteiger partial charge in [-0.2, -0.15) is 0 Å². The second-order valence-electron chi connectivity index (χ2n) is 3.92. The topological polar surface area (TPSA) is 30.3 Å². The van der Waals surface area contributed by atoms with Gasteiger partial charge < -0.3 is 9.80 Å². The number of hydrogen-bond acceptors (Lipinski definition) is 2. The maximum Gasteiger partial charge on any atom is 0.0958 e. The Morgan fingerprint density at radius 2 is 2.00 bits per heavy atom. The molecule has 0 saturated carbocycles. The Kier molecular flexibility index (Phi) is 4.94. The van der Waals surface area contributed by atoms with E-state index in [1.165, 1.54) is 12.8 Å². The van der Waals surface area contributed by atoms with Gasteiger partial charge in [-0.25, -0.2) is 0 Å². The van der Waals surface area contributed by atoms with Crippen LogP contribution in [0.5, 0.6) is 0 Å². The summed E-state index contributed by atoms with van der Waals surface area (Å²) < 4.78 is 0. The van der Waals surface area contributed by atoms with Crippen molar-refractivity contribution in [1.82, 2.24) is 9.80 Å². The minimum Gasteiger partial charge on any atom is -0.359 e. The Hall–Kier alpha value is -0.570. The zero-order valence-corrected chi connectivity index (χ0v) is 9.55. The number of rotatable bonds is 5. The molecule has 0 aromatic carbocycles. The van der Waals surface area contributed by atoms with Crippen LogP contribution in [0.4, 0.5) is 0 Å². The fourth-order valence-corrected chi connectivity index (χ4v) is 1.94. The van der Waals surface area contributed by atoms with E-state index in [-0.39, 0.29) is 0 Å². The molecule has 1 N–H and O–H groups in total. The number of nitrogens with one attached hydrogen (secondary N) is 1. The molecule has 1 heterocycles. The SMILES string of the molecule is CCN(CC)CCN1CCCCC1=N. The maximum absolute atomic E-state index is 7.81. The first-order valence-corrected chi connectivity index (χ1v) is 5.82. The number of likely N-dealkylation sites (tertiary alicyclic amines) is 1. The number of amidine groups is 1.